The normalized spacial score (nSPS) is 18.4. The summed E-state index contributed by atoms with van der Waals surface area (Å²) in [7, 11) is 1.54. The van der Waals surface area contributed by atoms with Crippen molar-refractivity contribution in [3.63, 3.8) is 0 Å². The molecule has 1 aliphatic rings. The Morgan fingerprint density at radius 1 is 1.15 bits per heavy atom. The molecule has 1 fully saturated rings. The van der Waals surface area contributed by atoms with Crippen LogP contribution in [0.3, 0.4) is 0 Å². The van der Waals surface area contributed by atoms with E-state index in [-0.39, 0.29) is 26.2 Å². The van der Waals surface area contributed by atoms with Gasteiger partial charge in [-0.3, -0.25) is 4.98 Å². The second-order valence-electron chi connectivity index (χ2n) is 9.74. The Hall–Kier alpha value is -3.88. The Bertz CT molecular complexity index is 1500. The van der Waals surface area contributed by atoms with E-state index in [9.17, 15) is 22.7 Å². The molecule has 212 valence electrons. The smallest absolute Gasteiger partial charge is 0.265 e. The number of aromatic nitrogens is 5. The minimum atomic E-state index is -2.99. The van der Waals surface area contributed by atoms with Gasteiger partial charge in [0.15, 0.2) is 23.1 Å². The van der Waals surface area contributed by atoms with E-state index < -0.39 is 29.7 Å². The number of benzene rings is 1. The highest BCUT2D eigenvalue weighted by Gasteiger charge is 2.43. The lowest BCUT2D eigenvalue weighted by Crippen LogP contribution is -2.63. The van der Waals surface area contributed by atoms with Crippen LogP contribution >= 0.6 is 0 Å². The van der Waals surface area contributed by atoms with Crippen molar-refractivity contribution in [3.05, 3.63) is 60.3 Å². The predicted octanol–water partition coefficient (Wildman–Crippen LogP) is 3.15. The average Bonchev–Trinajstić information content (AvgIpc) is 3.36. The first-order chi connectivity index (χ1) is 19.2. The maximum absolute atomic E-state index is 14.0. The van der Waals surface area contributed by atoms with Gasteiger partial charge in [0.1, 0.15) is 24.7 Å². The van der Waals surface area contributed by atoms with Gasteiger partial charge in [0.2, 0.25) is 0 Å². The Morgan fingerprint density at radius 2 is 1.98 bits per heavy atom. The molecule has 5 rings (SSSR count). The summed E-state index contributed by atoms with van der Waals surface area (Å²) in [4.78, 5) is 19.3. The number of methoxy groups -OCH3 is 1. The molecule has 4 aromatic rings. The maximum Gasteiger partial charge on any atom is 0.265 e. The monoisotopic (exact) mass is 560 g/mol. The van der Waals surface area contributed by atoms with E-state index in [0.29, 0.717) is 52.5 Å². The van der Waals surface area contributed by atoms with Crippen LogP contribution < -0.4 is 16.0 Å². The highest BCUT2D eigenvalue weighted by atomic mass is 19.3. The lowest BCUT2D eigenvalue weighted by Gasteiger charge is -2.44. The van der Waals surface area contributed by atoms with Crippen molar-refractivity contribution >= 4 is 22.7 Å². The lowest BCUT2D eigenvalue weighted by molar-refractivity contribution is -0.0529. The highest BCUT2D eigenvalue weighted by Crippen LogP contribution is 2.33. The average molecular weight is 561 g/mol. The van der Waals surface area contributed by atoms with Crippen LogP contribution in [0.25, 0.3) is 22.4 Å². The molecule has 4 heterocycles. The number of ether oxygens (including phenoxy) is 1. The van der Waals surface area contributed by atoms with Gasteiger partial charge >= 0.3 is 0 Å². The maximum atomic E-state index is 14.0. The van der Waals surface area contributed by atoms with Gasteiger partial charge in [-0.25, -0.2) is 32.5 Å². The van der Waals surface area contributed by atoms with Crippen molar-refractivity contribution in [1.82, 2.24) is 24.5 Å². The molecule has 1 aliphatic heterocycles. The molecule has 40 heavy (non-hydrogen) atoms. The van der Waals surface area contributed by atoms with Crippen LogP contribution in [0.15, 0.2) is 43.1 Å². The number of nitrogens with two attached hydrogens (primary N) is 1. The number of nitrogens with one attached hydrogen (secondary N) is 1. The molecule has 2 atom stereocenters. The third-order valence-electron chi connectivity index (χ3n) is 7.03. The second-order valence-corrected chi connectivity index (χ2v) is 9.74. The third kappa shape index (κ3) is 5.42. The van der Waals surface area contributed by atoms with E-state index in [4.69, 9.17) is 10.5 Å². The molecule has 3 aromatic heterocycles. The Kier molecular flexibility index (Phi) is 7.83. The summed E-state index contributed by atoms with van der Waals surface area (Å²) < 4.78 is 61.3. The van der Waals surface area contributed by atoms with Crippen molar-refractivity contribution < 1.29 is 27.4 Å². The number of halogens is 4. The zero-order chi connectivity index (χ0) is 28.4. The Balaban J connectivity index is 1.56. The molecule has 14 heteroatoms. The van der Waals surface area contributed by atoms with Gasteiger partial charge in [-0.2, -0.15) is 0 Å². The summed E-state index contributed by atoms with van der Waals surface area (Å²) in [5.74, 6) is -1.51. The molecule has 0 spiro atoms. The number of hydrogen-bond donors (Lipinski definition) is 3. The number of pyridine rings is 1. The standard InChI is InChI=1S/C26H28F4N8O2/c1-40-14-36-24-21-25(34-12-33-24)38(13-35-21)10-16-8-19(15-3-4-17(27)18(28)7-15)32-9-20(16)37-6-2-5-26(31,11-37)22(39)23(29)30/h3-4,7-9,12-13,22-23,39H,2,5-6,10-11,14,31H2,1H3,(H,33,34,36)/t22-,26+/m0/s1. The first-order valence-electron chi connectivity index (χ1n) is 12.5. The number of aliphatic hydroxyl groups excluding tert-OH is 1. The molecule has 0 aliphatic carbocycles. The van der Waals surface area contributed by atoms with Crippen LogP contribution in [0.1, 0.15) is 18.4 Å². The molecule has 0 saturated carbocycles. The molecule has 0 unspecified atom stereocenters. The van der Waals surface area contributed by atoms with Crippen LogP contribution in [0.5, 0.6) is 0 Å². The molecule has 1 aromatic carbocycles. The van der Waals surface area contributed by atoms with Crippen molar-refractivity contribution in [2.75, 3.05) is 37.1 Å². The second kappa shape index (κ2) is 11.3. The van der Waals surface area contributed by atoms with E-state index in [0.717, 1.165) is 12.1 Å². The molecule has 1 saturated heterocycles. The van der Waals surface area contributed by atoms with Gasteiger partial charge in [0.25, 0.3) is 6.43 Å². The summed E-state index contributed by atoms with van der Waals surface area (Å²) in [5.41, 5.74) is 7.79. The van der Waals surface area contributed by atoms with Gasteiger partial charge in [0, 0.05) is 25.8 Å². The quantitative estimate of drug-likeness (QED) is 0.209. The zero-order valence-electron chi connectivity index (χ0n) is 21.6. The van der Waals surface area contributed by atoms with E-state index in [1.165, 1.54) is 19.5 Å². The van der Waals surface area contributed by atoms with Gasteiger partial charge < -0.3 is 30.4 Å². The summed E-state index contributed by atoms with van der Waals surface area (Å²) >= 11 is 0. The van der Waals surface area contributed by atoms with E-state index in [1.807, 2.05) is 4.90 Å². The van der Waals surface area contributed by atoms with Crippen LogP contribution in [0, 0.1) is 11.6 Å². The summed E-state index contributed by atoms with van der Waals surface area (Å²) in [5, 5.41) is 13.2. The minimum absolute atomic E-state index is 0.0321. The molecule has 10 nitrogen and oxygen atoms in total. The summed E-state index contributed by atoms with van der Waals surface area (Å²) in [6.45, 7) is 0.893. The van der Waals surface area contributed by atoms with Gasteiger partial charge in [-0.1, -0.05) is 0 Å². The predicted molar refractivity (Wildman–Crippen MR) is 140 cm³/mol. The molecule has 0 amide bonds. The van der Waals surface area contributed by atoms with E-state index >= 15 is 0 Å². The van der Waals surface area contributed by atoms with Crippen LogP contribution in [0.2, 0.25) is 0 Å². The molecular formula is C26H28F4N8O2. The number of hydrogen-bond acceptors (Lipinski definition) is 9. The van der Waals surface area contributed by atoms with Gasteiger partial charge in [0.05, 0.1) is 36.0 Å². The number of piperidine rings is 1. The summed E-state index contributed by atoms with van der Waals surface area (Å²) in [6, 6.07) is 5.21. The zero-order valence-corrected chi connectivity index (χ0v) is 21.6. The first-order valence-corrected chi connectivity index (χ1v) is 12.5. The molecule has 0 radical (unpaired) electrons. The Labute approximate surface area is 226 Å². The first kappa shape index (κ1) is 27.7. The van der Waals surface area contributed by atoms with Crippen LogP contribution in [0.4, 0.5) is 29.1 Å². The lowest BCUT2D eigenvalue weighted by atomic mass is 9.84. The third-order valence-corrected chi connectivity index (χ3v) is 7.03. The SMILES string of the molecule is COCNc1ncnc2c1ncn2Cc1cc(-c2ccc(F)c(F)c2)ncc1N1CCC[C@](N)([C@@H](O)C(F)F)C1. The van der Waals surface area contributed by atoms with Gasteiger partial charge in [-0.05, 0) is 42.7 Å². The molecule has 0 bridgehead atoms. The van der Waals surface area contributed by atoms with Gasteiger partial charge in [-0.15, -0.1) is 0 Å². The largest absolute Gasteiger partial charge is 0.385 e. The molecular weight excluding hydrogens is 532 g/mol. The number of fused-ring (bicyclic) bond motifs is 1. The minimum Gasteiger partial charge on any atom is -0.385 e. The van der Waals surface area contributed by atoms with E-state index in [2.05, 4.69) is 25.3 Å². The number of aliphatic hydroxyl groups is 1. The van der Waals surface area contributed by atoms with Crippen molar-refractivity contribution in [3.8, 4) is 11.3 Å². The van der Waals surface area contributed by atoms with E-state index in [1.54, 1.807) is 23.2 Å². The topological polar surface area (TPSA) is 127 Å². The van der Waals surface area contributed by atoms with Crippen molar-refractivity contribution in [1.29, 1.82) is 0 Å². The fourth-order valence-electron chi connectivity index (χ4n) is 4.97. The van der Waals surface area contributed by atoms with Crippen molar-refractivity contribution in [2.45, 2.75) is 37.5 Å². The number of nitrogens with zero attached hydrogens (tertiary/aromatic N) is 6. The summed E-state index contributed by atoms with van der Waals surface area (Å²) in [6.07, 6.45) is 0.231. The fraction of sp³-hybridized carbons (Fsp3) is 0.385. The number of rotatable bonds is 9. The number of anilines is 2. The van der Waals surface area contributed by atoms with Crippen LogP contribution in [-0.2, 0) is 11.3 Å². The number of imidazole rings is 1. The number of alkyl halides is 2. The Morgan fingerprint density at radius 3 is 2.73 bits per heavy atom. The van der Waals surface area contributed by atoms with Crippen molar-refractivity contribution in [2.24, 2.45) is 5.73 Å². The fourth-order valence-corrected chi connectivity index (χ4v) is 4.97. The highest BCUT2D eigenvalue weighted by molar-refractivity contribution is 5.82. The van der Waals surface area contributed by atoms with Crippen LogP contribution in [-0.4, -0.2) is 74.6 Å². The molecule has 4 N–H and O–H groups in total.